The molecule has 0 aromatic heterocycles. The molecular weight excluding hydrogens is 288 g/mol. The number of nitrogens with one attached hydrogen (secondary N) is 1. The number of nitriles is 1. The lowest BCUT2D eigenvalue weighted by molar-refractivity contribution is 0.312. The lowest BCUT2D eigenvalue weighted by Crippen LogP contribution is -2.51. The number of hydrogen-bond donors (Lipinski definition) is 1. The van der Waals surface area contributed by atoms with E-state index in [9.17, 15) is 8.42 Å². The van der Waals surface area contributed by atoms with E-state index in [0.29, 0.717) is 38.3 Å². The van der Waals surface area contributed by atoms with Gasteiger partial charge in [0.2, 0.25) is 0 Å². The van der Waals surface area contributed by atoms with Gasteiger partial charge in [0.25, 0.3) is 10.2 Å². The maximum Gasteiger partial charge on any atom is 0.282 e. The standard InChI is InChI=1S/C14H20N4O2S/c1-2-17(12-14-6-4-3-5-13(14)11-15)21(19,20)18-9-7-16-8-10-18/h3-6,16H,2,7-10,12H2,1H3. The maximum atomic E-state index is 12.7. The van der Waals surface area contributed by atoms with Crippen molar-refractivity contribution in [3.8, 4) is 6.07 Å². The zero-order chi connectivity index (χ0) is 15.3. The van der Waals surface area contributed by atoms with E-state index in [1.54, 1.807) is 18.2 Å². The summed E-state index contributed by atoms with van der Waals surface area (Å²) in [6, 6.07) is 9.22. The Morgan fingerprint density at radius 2 is 2.00 bits per heavy atom. The second kappa shape index (κ2) is 7.00. The fraction of sp³-hybridized carbons (Fsp3) is 0.500. The highest BCUT2D eigenvalue weighted by Gasteiger charge is 2.29. The summed E-state index contributed by atoms with van der Waals surface area (Å²) in [5.41, 5.74) is 1.26. The van der Waals surface area contributed by atoms with Crippen molar-refractivity contribution in [1.29, 1.82) is 5.26 Å². The first-order chi connectivity index (χ1) is 10.1. The SMILES string of the molecule is CCN(Cc1ccccc1C#N)S(=O)(=O)N1CCNCC1. The van der Waals surface area contributed by atoms with E-state index in [2.05, 4.69) is 11.4 Å². The third-order valence-corrected chi connectivity index (χ3v) is 5.62. The molecule has 1 aromatic rings. The smallest absolute Gasteiger partial charge is 0.282 e. The summed E-state index contributed by atoms with van der Waals surface area (Å²) >= 11 is 0. The number of hydrogen-bond acceptors (Lipinski definition) is 4. The van der Waals surface area contributed by atoms with Crippen molar-refractivity contribution in [3.05, 3.63) is 35.4 Å². The Kier molecular flexibility index (Phi) is 5.31. The molecule has 1 fully saturated rings. The molecule has 1 aliphatic rings. The van der Waals surface area contributed by atoms with Crippen molar-refractivity contribution in [1.82, 2.24) is 13.9 Å². The Morgan fingerprint density at radius 3 is 2.62 bits per heavy atom. The first-order valence-electron chi connectivity index (χ1n) is 7.03. The molecule has 0 aliphatic carbocycles. The summed E-state index contributed by atoms with van der Waals surface area (Å²) in [7, 11) is -3.48. The molecule has 7 heteroatoms. The van der Waals surface area contributed by atoms with Gasteiger partial charge in [-0.15, -0.1) is 0 Å². The van der Waals surface area contributed by atoms with E-state index in [1.165, 1.54) is 8.61 Å². The Morgan fingerprint density at radius 1 is 1.33 bits per heavy atom. The molecule has 114 valence electrons. The summed E-state index contributed by atoms with van der Waals surface area (Å²) in [5.74, 6) is 0. The topological polar surface area (TPSA) is 76.4 Å². The number of benzene rings is 1. The van der Waals surface area contributed by atoms with Crippen molar-refractivity contribution in [3.63, 3.8) is 0 Å². The minimum atomic E-state index is -3.48. The first-order valence-corrected chi connectivity index (χ1v) is 8.43. The highest BCUT2D eigenvalue weighted by atomic mass is 32.2. The minimum absolute atomic E-state index is 0.229. The zero-order valence-corrected chi connectivity index (χ0v) is 12.9. The molecule has 0 spiro atoms. The van der Waals surface area contributed by atoms with Crippen molar-refractivity contribution in [2.75, 3.05) is 32.7 Å². The molecule has 2 rings (SSSR count). The summed E-state index contributed by atoms with van der Waals surface area (Å²) in [6.45, 7) is 4.74. The van der Waals surface area contributed by atoms with Crippen LogP contribution in [0.25, 0.3) is 0 Å². The van der Waals surface area contributed by atoms with Crippen molar-refractivity contribution < 1.29 is 8.42 Å². The van der Waals surface area contributed by atoms with Crippen LogP contribution in [0.3, 0.4) is 0 Å². The quantitative estimate of drug-likeness (QED) is 0.861. The van der Waals surface area contributed by atoms with Crippen LogP contribution in [0.15, 0.2) is 24.3 Å². The number of rotatable bonds is 5. The molecule has 1 aromatic carbocycles. The summed E-state index contributed by atoms with van der Waals surface area (Å²) < 4.78 is 28.3. The molecule has 1 aliphatic heterocycles. The third-order valence-electron chi connectivity index (χ3n) is 3.57. The molecule has 0 unspecified atom stereocenters. The van der Waals surface area contributed by atoms with Gasteiger partial charge in [-0.1, -0.05) is 25.1 Å². The molecule has 21 heavy (non-hydrogen) atoms. The van der Waals surface area contributed by atoms with Crippen LogP contribution in [0.2, 0.25) is 0 Å². The van der Waals surface area contributed by atoms with Gasteiger partial charge < -0.3 is 5.32 Å². The fourth-order valence-electron chi connectivity index (χ4n) is 2.35. The van der Waals surface area contributed by atoms with Crippen LogP contribution < -0.4 is 5.32 Å². The van der Waals surface area contributed by atoms with Crippen LogP contribution in [0.4, 0.5) is 0 Å². The second-order valence-electron chi connectivity index (χ2n) is 4.85. The van der Waals surface area contributed by atoms with Crippen LogP contribution in [0.5, 0.6) is 0 Å². The molecule has 0 saturated carbocycles. The lowest BCUT2D eigenvalue weighted by atomic mass is 10.1. The monoisotopic (exact) mass is 308 g/mol. The van der Waals surface area contributed by atoms with Gasteiger partial charge in [0.1, 0.15) is 0 Å². The van der Waals surface area contributed by atoms with E-state index in [1.807, 2.05) is 13.0 Å². The van der Waals surface area contributed by atoms with E-state index < -0.39 is 10.2 Å². The van der Waals surface area contributed by atoms with Gasteiger partial charge in [0, 0.05) is 39.3 Å². The minimum Gasteiger partial charge on any atom is -0.314 e. The van der Waals surface area contributed by atoms with Crippen molar-refractivity contribution in [2.45, 2.75) is 13.5 Å². The number of nitrogens with zero attached hydrogens (tertiary/aromatic N) is 3. The molecule has 1 saturated heterocycles. The molecular formula is C14H20N4O2S. The van der Waals surface area contributed by atoms with Gasteiger partial charge >= 0.3 is 0 Å². The fourth-order valence-corrected chi connectivity index (χ4v) is 3.95. The van der Waals surface area contributed by atoms with E-state index >= 15 is 0 Å². The molecule has 1 heterocycles. The molecule has 1 N–H and O–H groups in total. The molecule has 6 nitrogen and oxygen atoms in total. The van der Waals surface area contributed by atoms with E-state index in [-0.39, 0.29) is 6.54 Å². The molecule has 0 atom stereocenters. The summed E-state index contributed by atoms with van der Waals surface area (Å²) in [6.07, 6.45) is 0. The van der Waals surface area contributed by atoms with E-state index in [4.69, 9.17) is 5.26 Å². The van der Waals surface area contributed by atoms with Gasteiger partial charge in [-0.2, -0.15) is 22.3 Å². The van der Waals surface area contributed by atoms with Crippen LogP contribution in [0, 0.1) is 11.3 Å². The van der Waals surface area contributed by atoms with Gasteiger partial charge in [-0.25, -0.2) is 0 Å². The van der Waals surface area contributed by atoms with E-state index in [0.717, 1.165) is 5.56 Å². The zero-order valence-electron chi connectivity index (χ0n) is 12.1. The average Bonchev–Trinajstić information content (AvgIpc) is 2.53. The first kappa shape index (κ1) is 15.9. The summed E-state index contributed by atoms with van der Waals surface area (Å²) in [5, 5.41) is 12.3. The Labute approximate surface area is 126 Å². The third kappa shape index (κ3) is 3.60. The van der Waals surface area contributed by atoms with Crippen molar-refractivity contribution in [2.24, 2.45) is 0 Å². The summed E-state index contributed by atoms with van der Waals surface area (Å²) in [4.78, 5) is 0. The average molecular weight is 308 g/mol. The Hall–Kier alpha value is -1.46. The Bertz CT molecular complexity index is 618. The normalized spacial score (nSPS) is 16.8. The predicted molar refractivity (Wildman–Crippen MR) is 80.6 cm³/mol. The largest absolute Gasteiger partial charge is 0.314 e. The highest BCUT2D eigenvalue weighted by Crippen LogP contribution is 2.16. The van der Waals surface area contributed by atoms with Gasteiger partial charge in [-0.05, 0) is 11.6 Å². The maximum absolute atomic E-state index is 12.7. The molecule has 0 amide bonds. The Balaban J connectivity index is 2.21. The van der Waals surface area contributed by atoms with Gasteiger partial charge in [0.15, 0.2) is 0 Å². The molecule has 0 bridgehead atoms. The number of piperazine rings is 1. The van der Waals surface area contributed by atoms with Crippen LogP contribution in [-0.2, 0) is 16.8 Å². The van der Waals surface area contributed by atoms with Crippen LogP contribution in [-0.4, -0.2) is 49.8 Å². The molecule has 0 radical (unpaired) electrons. The predicted octanol–water partition coefficient (Wildman–Crippen LogP) is 0.530. The van der Waals surface area contributed by atoms with Crippen LogP contribution in [0.1, 0.15) is 18.1 Å². The lowest BCUT2D eigenvalue weighted by Gasteiger charge is -2.32. The van der Waals surface area contributed by atoms with Gasteiger partial charge in [0.05, 0.1) is 11.6 Å². The second-order valence-corrected chi connectivity index (χ2v) is 6.78. The van der Waals surface area contributed by atoms with Crippen LogP contribution >= 0.6 is 0 Å². The van der Waals surface area contributed by atoms with Gasteiger partial charge in [-0.3, -0.25) is 0 Å². The van der Waals surface area contributed by atoms with Crippen molar-refractivity contribution >= 4 is 10.2 Å². The highest BCUT2D eigenvalue weighted by molar-refractivity contribution is 7.86.